The lowest BCUT2D eigenvalue weighted by Crippen LogP contribution is -2.38. The number of hydrogen-bond donors (Lipinski definition) is 2. The van der Waals surface area contributed by atoms with Crippen LogP contribution in [-0.4, -0.2) is 11.0 Å². The van der Waals surface area contributed by atoms with Gasteiger partial charge < -0.3 is 9.73 Å². The lowest BCUT2D eigenvalue weighted by atomic mass is 10.0. The highest BCUT2D eigenvalue weighted by atomic mass is 35.5. The zero-order valence-electron chi connectivity index (χ0n) is 15.3. The number of furan rings is 1. The molecule has 0 fully saturated rings. The van der Waals surface area contributed by atoms with Gasteiger partial charge in [-0.15, -0.1) is 0 Å². The van der Waals surface area contributed by atoms with Crippen molar-refractivity contribution in [2.45, 2.75) is 6.54 Å². The Morgan fingerprint density at radius 3 is 2.52 bits per heavy atom. The van der Waals surface area contributed by atoms with Crippen LogP contribution in [-0.2, 0) is 6.54 Å². The first kappa shape index (κ1) is 19.2. The third-order valence-electron chi connectivity index (χ3n) is 4.47. The van der Waals surface area contributed by atoms with Gasteiger partial charge in [0.1, 0.15) is 11.5 Å². The Morgan fingerprint density at radius 1 is 0.931 bits per heavy atom. The molecule has 1 heterocycles. The molecule has 1 amide bonds. The van der Waals surface area contributed by atoms with E-state index < -0.39 is 0 Å². The first-order valence-corrected chi connectivity index (χ1v) is 9.80. The fraction of sp³-hybridized carbons (Fsp3) is 0.0435. The van der Waals surface area contributed by atoms with Gasteiger partial charge in [0.25, 0.3) is 5.91 Å². The van der Waals surface area contributed by atoms with Crippen LogP contribution in [0.2, 0.25) is 5.02 Å². The molecule has 29 heavy (non-hydrogen) atoms. The predicted octanol–water partition coefficient (Wildman–Crippen LogP) is 5.56. The van der Waals surface area contributed by atoms with E-state index in [9.17, 15) is 4.79 Å². The number of rotatable bonds is 4. The van der Waals surface area contributed by atoms with E-state index in [1.807, 2.05) is 72.8 Å². The van der Waals surface area contributed by atoms with E-state index in [1.54, 1.807) is 6.07 Å². The molecule has 4 aromatic rings. The van der Waals surface area contributed by atoms with Crippen molar-refractivity contribution in [1.82, 2.24) is 10.6 Å². The molecule has 0 aliphatic rings. The fourth-order valence-electron chi connectivity index (χ4n) is 3.05. The van der Waals surface area contributed by atoms with Gasteiger partial charge in [-0.05, 0) is 65.5 Å². The summed E-state index contributed by atoms with van der Waals surface area (Å²) in [4.78, 5) is 12.6. The molecule has 0 atom stereocenters. The van der Waals surface area contributed by atoms with Crippen LogP contribution < -0.4 is 10.6 Å². The summed E-state index contributed by atoms with van der Waals surface area (Å²) in [5, 5.41) is 8.54. The van der Waals surface area contributed by atoms with Gasteiger partial charge in [-0.1, -0.05) is 48.0 Å². The highest BCUT2D eigenvalue weighted by Crippen LogP contribution is 2.24. The molecule has 144 valence electrons. The maximum absolute atomic E-state index is 12.6. The van der Waals surface area contributed by atoms with Crippen LogP contribution in [0.1, 0.15) is 16.1 Å². The number of thiocarbonyl (C=S) groups is 1. The maximum Gasteiger partial charge on any atom is 0.258 e. The topological polar surface area (TPSA) is 54.3 Å². The SMILES string of the molecule is O=C(NC(=S)NCc1ccc(-c2ccc(Cl)cc2)o1)c1cccc2ccccc12. The minimum absolute atomic E-state index is 0.243. The molecule has 0 aliphatic carbocycles. The molecule has 0 unspecified atom stereocenters. The molecule has 4 nitrogen and oxygen atoms in total. The normalized spacial score (nSPS) is 10.7. The summed E-state index contributed by atoms with van der Waals surface area (Å²) >= 11 is 11.2. The molecular weight excluding hydrogens is 404 g/mol. The second kappa shape index (κ2) is 8.47. The van der Waals surface area contributed by atoms with Crippen molar-refractivity contribution >= 4 is 45.6 Å². The highest BCUT2D eigenvalue weighted by molar-refractivity contribution is 7.80. The van der Waals surface area contributed by atoms with Crippen molar-refractivity contribution in [3.05, 3.63) is 95.2 Å². The number of carbonyl (C=O) groups is 1. The van der Waals surface area contributed by atoms with E-state index >= 15 is 0 Å². The number of hydrogen-bond acceptors (Lipinski definition) is 3. The standard InChI is InChI=1S/C23H17ClN2O2S/c24-17-10-8-16(9-11-17)21-13-12-18(28-21)14-25-23(29)26-22(27)20-7-3-5-15-4-1-2-6-19(15)20/h1-13H,14H2,(H2,25,26,27,29). The summed E-state index contributed by atoms with van der Waals surface area (Å²) in [6, 6.07) is 24.5. The van der Waals surface area contributed by atoms with E-state index in [0.29, 0.717) is 22.9 Å². The molecule has 4 rings (SSSR count). The van der Waals surface area contributed by atoms with Gasteiger partial charge in [0.05, 0.1) is 6.54 Å². The molecular formula is C23H17ClN2O2S. The van der Waals surface area contributed by atoms with Gasteiger partial charge in [0.15, 0.2) is 5.11 Å². The van der Waals surface area contributed by atoms with Crippen LogP contribution in [0.25, 0.3) is 22.1 Å². The predicted molar refractivity (Wildman–Crippen MR) is 120 cm³/mol. The van der Waals surface area contributed by atoms with E-state index in [0.717, 1.165) is 22.1 Å². The number of fused-ring (bicyclic) bond motifs is 1. The van der Waals surface area contributed by atoms with Gasteiger partial charge in [-0.2, -0.15) is 0 Å². The Hall–Kier alpha value is -3.15. The lowest BCUT2D eigenvalue weighted by molar-refractivity contribution is 0.0978. The van der Waals surface area contributed by atoms with E-state index in [-0.39, 0.29) is 11.0 Å². The monoisotopic (exact) mass is 420 g/mol. The average Bonchev–Trinajstić information content (AvgIpc) is 3.21. The summed E-state index contributed by atoms with van der Waals surface area (Å²) < 4.78 is 5.83. The summed E-state index contributed by atoms with van der Waals surface area (Å²) in [6.45, 7) is 0.363. The Labute approximate surface area is 178 Å². The third-order valence-corrected chi connectivity index (χ3v) is 4.97. The van der Waals surface area contributed by atoms with Crippen molar-refractivity contribution in [3.8, 4) is 11.3 Å². The van der Waals surface area contributed by atoms with Crippen molar-refractivity contribution in [2.75, 3.05) is 0 Å². The third kappa shape index (κ3) is 4.47. The Bertz CT molecular complexity index is 1180. The van der Waals surface area contributed by atoms with Gasteiger partial charge >= 0.3 is 0 Å². The van der Waals surface area contributed by atoms with Crippen LogP contribution in [0.15, 0.2) is 83.3 Å². The average molecular weight is 421 g/mol. The zero-order chi connectivity index (χ0) is 20.2. The van der Waals surface area contributed by atoms with Gasteiger partial charge in [-0.3, -0.25) is 10.1 Å². The molecule has 0 saturated heterocycles. The van der Waals surface area contributed by atoms with Crippen molar-refractivity contribution in [1.29, 1.82) is 0 Å². The van der Waals surface area contributed by atoms with Crippen molar-refractivity contribution < 1.29 is 9.21 Å². The summed E-state index contributed by atoms with van der Waals surface area (Å²) in [6.07, 6.45) is 0. The molecule has 3 aromatic carbocycles. The Morgan fingerprint density at radius 2 is 1.69 bits per heavy atom. The molecule has 1 aromatic heterocycles. The van der Waals surface area contributed by atoms with Crippen molar-refractivity contribution in [3.63, 3.8) is 0 Å². The molecule has 0 aliphatic heterocycles. The minimum Gasteiger partial charge on any atom is -0.459 e. The molecule has 0 saturated carbocycles. The number of halogens is 1. The number of benzene rings is 3. The second-order valence-corrected chi connectivity index (χ2v) is 7.28. The smallest absolute Gasteiger partial charge is 0.258 e. The fourth-order valence-corrected chi connectivity index (χ4v) is 3.34. The second-order valence-electron chi connectivity index (χ2n) is 6.44. The number of nitrogens with one attached hydrogen (secondary N) is 2. The van der Waals surface area contributed by atoms with E-state index in [1.165, 1.54) is 0 Å². The molecule has 6 heteroatoms. The van der Waals surface area contributed by atoms with Crippen molar-refractivity contribution in [2.24, 2.45) is 0 Å². The zero-order valence-corrected chi connectivity index (χ0v) is 16.9. The Kier molecular flexibility index (Phi) is 5.60. The molecule has 0 radical (unpaired) electrons. The van der Waals surface area contributed by atoms with Gasteiger partial charge in [0, 0.05) is 16.1 Å². The molecule has 2 N–H and O–H groups in total. The highest BCUT2D eigenvalue weighted by Gasteiger charge is 2.12. The number of carbonyl (C=O) groups excluding carboxylic acids is 1. The first-order valence-electron chi connectivity index (χ1n) is 9.02. The quantitative estimate of drug-likeness (QED) is 0.424. The van der Waals surface area contributed by atoms with Crippen LogP contribution in [0.3, 0.4) is 0 Å². The Balaban J connectivity index is 1.38. The lowest BCUT2D eigenvalue weighted by Gasteiger charge is -2.10. The number of amides is 1. The summed E-state index contributed by atoms with van der Waals surface area (Å²) in [5.74, 6) is 1.20. The van der Waals surface area contributed by atoms with Crippen LogP contribution in [0, 0.1) is 0 Å². The molecule has 0 spiro atoms. The maximum atomic E-state index is 12.6. The summed E-state index contributed by atoms with van der Waals surface area (Å²) in [5.41, 5.74) is 1.52. The molecule has 0 bridgehead atoms. The first-order chi connectivity index (χ1) is 14.1. The van der Waals surface area contributed by atoms with E-state index in [2.05, 4.69) is 10.6 Å². The van der Waals surface area contributed by atoms with Crippen LogP contribution >= 0.6 is 23.8 Å². The summed E-state index contributed by atoms with van der Waals surface area (Å²) in [7, 11) is 0. The minimum atomic E-state index is -0.249. The van der Waals surface area contributed by atoms with Crippen LogP contribution in [0.5, 0.6) is 0 Å². The van der Waals surface area contributed by atoms with Gasteiger partial charge in [0.2, 0.25) is 0 Å². The largest absolute Gasteiger partial charge is 0.459 e. The van der Waals surface area contributed by atoms with Crippen LogP contribution in [0.4, 0.5) is 0 Å². The van der Waals surface area contributed by atoms with Gasteiger partial charge in [-0.25, -0.2) is 0 Å². The van der Waals surface area contributed by atoms with E-state index in [4.69, 9.17) is 28.2 Å².